The molecule has 2 aromatic rings. The van der Waals surface area contributed by atoms with Crippen molar-refractivity contribution in [2.45, 2.75) is 154 Å². The van der Waals surface area contributed by atoms with Crippen molar-refractivity contribution in [1.29, 1.82) is 0 Å². The monoisotopic (exact) mass is 578 g/mol. The molecule has 2 aromatic carbocycles. The van der Waals surface area contributed by atoms with E-state index in [9.17, 15) is 4.79 Å². The van der Waals surface area contributed by atoms with Crippen LogP contribution in [0.2, 0.25) is 0 Å². The quantitative estimate of drug-likeness (QED) is 0.0822. The van der Waals surface area contributed by atoms with E-state index in [2.05, 4.69) is 74.5 Å². The highest BCUT2D eigenvalue weighted by Gasteiger charge is 2.13. The normalized spacial score (nSPS) is 12.6. The number of rotatable bonds is 26. The third-order valence-electron chi connectivity index (χ3n) is 8.69. The van der Waals surface area contributed by atoms with Crippen LogP contribution in [-0.2, 0) is 9.47 Å². The van der Waals surface area contributed by atoms with Crippen molar-refractivity contribution >= 4 is 6.16 Å². The molecule has 0 spiro atoms. The molecule has 0 radical (unpaired) electrons. The van der Waals surface area contributed by atoms with Gasteiger partial charge < -0.3 is 9.47 Å². The van der Waals surface area contributed by atoms with Gasteiger partial charge in [0.25, 0.3) is 0 Å². The molecule has 0 amide bonds. The summed E-state index contributed by atoms with van der Waals surface area (Å²) in [6.07, 6.45) is 24.3. The highest BCUT2D eigenvalue weighted by atomic mass is 16.7. The fraction of sp³-hybridized carbons (Fsp3) is 0.667. The molecule has 3 heteroatoms. The number of hydrogen-bond donors (Lipinski definition) is 0. The molecule has 0 aliphatic heterocycles. The second-order valence-corrected chi connectivity index (χ2v) is 12.3. The first-order valence-electron chi connectivity index (χ1n) is 17.6. The summed E-state index contributed by atoms with van der Waals surface area (Å²) in [5.41, 5.74) is 2.90. The zero-order valence-electron chi connectivity index (χ0n) is 27.2. The molecule has 0 N–H and O–H groups in total. The Bertz CT molecular complexity index is 794. The Labute approximate surface area is 259 Å². The molecule has 0 saturated carbocycles. The Balaban J connectivity index is 1.58. The van der Waals surface area contributed by atoms with E-state index in [1.165, 1.54) is 101 Å². The van der Waals surface area contributed by atoms with Crippen LogP contribution in [-0.4, -0.2) is 19.4 Å². The Hall–Kier alpha value is -2.29. The summed E-state index contributed by atoms with van der Waals surface area (Å²) >= 11 is 0. The lowest BCUT2D eigenvalue weighted by Crippen LogP contribution is -2.10. The van der Waals surface area contributed by atoms with Crippen LogP contribution in [0.3, 0.4) is 0 Å². The molecule has 2 atom stereocenters. The highest BCUT2D eigenvalue weighted by Crippen LogP contribution is 2.29. The van der Waals surface area contributed by atoms with E-state index in [4.69, 9.17) is 9.47 Å². The average Bonchev–Trinajstić information content (AvgIpc) is 3.02. The second kappa shape index (κ2) is 25.2. The number of unbranched alkanes of at least 4 members (excludes halogenated alkanes) is 12. The molecule has 0 fully saturated rings. The Kier molecular flexibility index (Phi) is 21.6. The van der Waals surface area contributed by atoms with Crippen LogP contribution in [0.5, 0.6) is 0 Å². The summed E-state index contributed by atoms with van der Waals surface area (Å²) in [5, 5.41) is 0. The van der Waals surface area contributed by atoms with Gasteiger partial charge in [-0.3, -0.25) is 0 Å². The predicted molar refractivity (Wildman–Crippen MR) is 179 cm³/mol. The van der Waals surface area contributed by atoms with Crippen LogP contribution in [0.15, 0.2) is 60.7 Å². The summed E-state index contributed by atoms with van der Waals surface area (Å²) in [7, 11) is 0. The molecule has 42 heavy (non-hydrogen) atoms. The van der Waals surface area contributed by atoms with Gasteiger partial charge in [-0.05, 0) is 74.3 Å². The van der Waals surface area contributed by atoms with Crippen molar-refractivity contribution in [3.63, 3.8) is 0 Å². The van der Waals surface area contributed by atoms with Crippen molar-refractivity contribution in [2.75, 3.05) is 13.2 Å². The maximum Gasteiger partial charge on any atom is 0.508 e. The zero-order valence-corrected chi connectivity index (χ0v) is 27.2. The van der Waals surface area contributed by atoms with Crippen molar-refractivity contribution < 1.29 is 14.3 Å². The summed E-state index contributed by atoms with van der Waals surface area (Å²) in [4.78, 5) is 12.1. The number of benzene rings is 2. The minimum absolute atomic E-state index is 0.450. The molecule has 2 unspecified atom stereocenters. The zero-order chi connectivity index (χ0) is 29.9. The molecule has 0 saturated heterocycles. The van der Waals surface area contributed by atoms with Gasteiger partial charge in [-0.15, -0.1) is 0 Å². The van der Waals surface area contributed by atoms with E-state index < -0.39 is 6.16 Å². The summed E-state index contributed by atoms with van der Waals surface area (Å²) in [6, 6.07) is 21.9. The molecule has 0 bridgehead atoms. The minimum atomic E-state index is -0.506. The first-order chi connectivity index (χ1) is 20.7. The number of carbonyl (C=O) groups is 1. The van der Waals surface area contributed by atoms with E-state index in [1.807, 2.05) is 0 Å². The SMILES string of the molecule is CCCCCCCCC(CCCCOC(=O)OCCCCC(CCCCCCCC)c1ccccc1)c1ccccc1. The second-order valence-electron chi connectivity index (χ2n) is 12.3. The van der Waals surface area contributed by atoms with E-state index in [-0.39, 0.29) is 0 Å². The third kappa shape index (κ3) is 17.6. The molecule has 0 aliphatic carbocycles. The van der Waals surface area contributed by atoms with Gasteiger partial charge in [-0.1, -0.05) is 152 Å². The van der Waals surface area contributed by atoms with Gasteiger partial charge in [0, 0.05) is 0 Å². The summed E-state index contributed by atoms with van der Waals surface area (Å²) in [6.45, 7) is 5.45. The smallest absolute Gasteiger partial charge is 0.434 e. The van der Waals surface area contributed by atoms with Crippen LogP contribution >= 0.6 is 0 Å². The predicted octanol–water partition coefficient (Wildman–Crippen LogP) is 12.5. The lowest BCUT2D eigenvalue weighted by molar-refractivity contribution is 0.0527. The van der Waals surface area contributed by atoms with Gasteiger partial charge >= 0.3 is 6.16 Å². The molecule has 236 valence electrons. The van der Waals surface area contributed by atoms with Gasteiger partial charge in [-0.2, -0.15) is 0 Å². The third-order valence-corrected chi connectivity index (χ3v) is 8.69. The lowest BCUT2D eigenvalue weighted by atomic mass is 9.88. The lowest BCUT2D eigenvalue weighted by Gasteiger charge is -2.18. The Morgan fingerprint density at radius 1 is 0.476 bits per heavy atom. The molecular formula is C39H62O3. The average molecular weight is 579 g/mol. The highest BCUT2D eigenvalue weighted by molar-refractivity contribution is 5.59. The van der Waals surface area contributed by atoms with E-state index in [1.54, 1.807) is 0 Å². The first kappa shape index (κ1) is 35.9. The van der Waals surface area contributed by atoms with Gasteiger partial charge in [0.2, 0.25) is 0 Å². The number of ether oxygens (including phenoxy) is 2. The van der Waals surface area contributed by atoms with Crippen LogP contribution < -0.4 is 0 Å². The molecule has 2 rings (SSSR count). The topological polar surface area (TPSA) is 35.5 Å². The molecule has 0 heterocycles. The molecule has 3 nitrogen and oxygen atoms in total. The van der Waals surface area contributed by atoms with E-state index >= 15 is 0 Å². The minimum Gasteiger partial charge on any atom is -0.434 e. The largest absolute Gasteiger partial charge is 0.508 e. The van der Waals surface area contributed by atoms with Gasteiger partial charge in [0.1, 0.15) is 0 Å². The fourth-order valence-corrected chi connectivity index (χ4v) is 6.09. The molecule has 0 aliphatic rings. The van der Waals surface area contributed by atoms with E-state index in [0.29, 0.717) is 25.0 Å². The fourth-order valence-electron chi connectivity index (χ4n) is 6.09. The summed E-state index contributed by atoms with van der Waals surface area (Å²) in [5.74, 6) is 1.20. The van der Waals surface area contributed by atoms with Crippen molar-refractivity contribution in [2.24, 2.45) is 0 Å². The Morgan fingerprint density at radius 2 is 0.810 bits per heavy atom. The van der Waals surface area contributed by atoms with Gasteiger partial charge in [0.05, 0.1) is 13.2 Å². The first-order valence-corrected chi connectivity index (χ1v) is 17.6. The van der Waals surface area contributed by atoms with Gasteiger partial charge in [-0.25, -0.2) is 4.79 Å². The van der Waals surface area contributed by atoms with Gasteiger partial charge in [0.15, 0.2) is 0 Å². The maximum atomic E-state index is 12.1. The van der Waals surface area contributed by atoms with Crippen LogP contribution in [0, 0.1) is 0 Å². The van der Waals surface area contributed by atoms with Crippen molar-refractivity contribution in [3.05, 3.63) is 71.8 Å². The van der Waals surface area contributed by atoms with Crippen molar-refractivity contribution in [3.8, 4) is 0 Å². The number of carbonyl (C=O) groups excluding carboxylic acids is 1. The van der Waals surface area contributed by atoms with Crippen LogP contribution in [0.4, 0.5) is 4.79 Å². The number of hydrogen-bond acceptors (Lipinski definition) is 3. The maximum absolute atomic E-state index is 12.1. The van der Waals surface area contributed by atoms with Crippen LogP contribution in [0.1, 0.15) is 165 Å². The van der Waals surface area contributed by atoms with E-state index in [0.717, 1.165) is 38.5 Å². The summed E-state index contributed by atoms with van der Waals surface area (Å²) < 4.78 is 10.8. The van der Waals surface area contributed by atoms with Crippen LogP contribution in [0.25, 0.3) is 0 Å². The standard InChI is InChI=1S/C39H62O3/c1-3-5-7-9-11-15-25-37(35-27-17-13-18-28-35)31-21-23-33-41-39(40)42-34-24-22-32-38(36-29-19-14-20-30-36)26-16-12-10-8-6-4-2/h13-14,17-20,27-30,37-38H,3-12,15-16,21-26,31-34H2,1-2H3. The van der Waals surface area contributed by atoms with Crippen molar-refractivity contribution in [1.82, 2.24) is 0 Å². The Morgan fingerprint density at radius 3 is 1.19 bits per heavy atom. The molecule has 0 aromatic heterocycles. The molecular weight excluding hydrogens is 516 g/mol.